The maximum absolute atomic E-state index is 11.1. The number of piperidine rings is 1. The van der Waals surface area contributed by atoms with Gasteiger partial charge >= 0.3 is 0 Å². The van der Waals surface area contributed by atoms with Crippen molar-refractivity contribution in [1.82, 2.24) is 15.0 Å². The summed E-state index contributed by atoms with van der Waals surface area (Å²) in [6, 6.07) is 1.89. The number of carbonyl (C=O) groups excluding carboxylic acids is 2. The van der Waals surface area contributed by atoms with Crippen LogP contribution in [-0.2, 0) is 9.59 Å². The van der Waals surface area contributed by atoms with Crippen molar-refractivity contribution in [3.8, 4) is 0 Å². The summed E-state index contributed by atoms with van der Waals surface area (Å²) in [5.74, 6) is 1.00. The van der Waals surface area contributed by atoms with Gasteiger partial charge in [-0.1, -0.05) is 25.7 Å². The summed E-state index contributed by atoms with van der Waals surface area (Å²) >= 11 is 1.76. The number of aromatic amines is 1. The van der Waals surface area contributed by atoms with Crippen molar-refractivity contribution in [3.05, 3.63) is 58.7 Å². The van der Waals surface area contributed by atoms with Crippen molar-refractivity contribution in [3.63, 3.8) is 0 Å². The van der Waals surface area contributed by atoms with E-state index in [1.54, 1.807) is 11.8 Å². The van der Waals surface area contributed by atoms with Gasteiger partial charge in [-0.25, -0.2) is 4.98 Å². The van der Waals surface area contributed by atoms with Gasteiger partial charge in [0.05, 0.1) is 23.1 Å². The number of aliphatic imine (C=N–C) groups is 1. The van der Waals surface area contributed by atoms with E-state index >= 15 is 0 Å². The van der Waals surface area contributed by atoms with Crippen molar-refractivity contribution >= 4 is 46.3 Å². The van der Waals surface area contributed by atoms with Crippen molar-refractivity contribution in [2.75, 3.05) is 24.7 Å². The Labute approximate surface area is 195 Å². The zero-order chi connectivity index (χ0) is 23.8. The van der Waals surface area contributed by atoms with Crippen LogP contribution in [0.2, 0.25) is 0 Å². The quantitative estimate of drug-likeness (QED) is 0.392. The van der Waals surface area contributed by atoms with E-state index in [0.29, 0.717) is 6.04 Å². The number of likely N-dealkylation sites (N-methyl/N-ethyl adjacent to an activating group) is 1. The van der Waals surface area contributed by atoms with Crippen LogP contribution in [0.3, 0.4) is 0 Å². The maximum Gasteiger partial charge on any atom is 0.289 e. The maximum atomic E-state index is 11.1. The molecule has 2 aromatic heterocycles. The second kappa shape index (κ2) is 11.6. The third-order valence-electron chi connectivity index (χ3n) is 5.33. The first kappa shape index (κ1) is 24.4. The van der Waals surface area contributed by atoms with E-state index in [2.05, 4.69) is 58.1 Å². The molecule has 4 heterocycles. The summed E-state index contributed by atoms with van der Waals surface area (Å²) in [5, 5.41) is 4.54. The third-order valence-corrected chi connectivity index (χ3v) is 6.04. The summed E-state index contributed by atoms with van der Waals surface area (Å²) in [6.45, 7) is 7.36. The number of rotatable bonds is 5. The molecule has 1 saturated heterocycles. The fraction of sp³-hybridized carbons (Fsp3) is 0.348. The first-order valence-corrected chi connectivity index (χ1v) is 11.6. The summed E-state index contributed by atoms with van der Waals surface area (Å²) in [4.78, 5) is 42.5. The molecule has 0 saturated carbocycles. The number of hydrogen-bond acceptors (Lipinski definition) is 8. The highest BCUT2D eigenvalue weighted by molar-refractivity contribution is 8.12. The van der Waals surface area contributed by atoms with Gasteiger partial charge in [-0.3, -0.25) is 24.3 Å². The van der Waals surface area contributed by atoms with Gasteiger partial charge in [0.15, 0.2) is 0 Å². The molecule has 0 radical (unpaired) electrons. The third kappa shape index (κ3) is 6.62. The molecule has 2 N–H and O–H groups in total. The van der Waals surface area contributed by atoms with Crippen molar-refractivity contribution < 1.29 is 14.1 Å². The van der Waals surface area contributed by atoms with Crippen LogP contribution in [0.5, 0.6) is 0 Å². The SMILES string of the molecule is C=C/C=C(\C=C1/CSC=N1)[C@H]1CCC(C)CN1C.O=CC(=O)Nc1cnc2o[nH]c(=O)c2c1. The number of fused-ring (bicyclic) bond motifs is 1. The highest BCUT2D eigenvalue weighted by Gasteiger charge is 2.25. The number of aldehydes is 1. The molecule has 2 aliphatic rings. The number of aromatic nitrogens is 2. The summed E-state index contributed by atoms with van der Waals surface area (Å²) in [7, 11) is 2.22. The fourth-order valence-electron chi connectivity index (χ4n) is 3.81. The number of nitrogens with one attached hydrogen (secondary N) is 2. The predicted octanol–water partition coefficient (Wildman–Crippen LogP) is 3.14. The number of amides is 1. The van der Waals surface area contributed by atoms with E-state index in [0.717, 1.165) is 11.7 Å². The standard InChI is InChI=1S/C15H22N2S.C8H5N3O4/c1-4-5-13(8-14-10-18-11-16-14)15-7-6-12(2)9-17(15)3;12-3-6(13)10-4-1-5-7(14)11-15-8(5)9-2-4/h4-5,8,11-12,15H,1,6-7,9-10H2,2-3H3;1-3H,(H,10,13)(H,11,14)/b13-5+,14-8+;/t12?,15-;/m1./s1. The lowest BCUT2D eigenvalue weighted by molar-refractivity contribution is -0.127. The Hall–Kier alpha value is -3.24. The molecule has 9 nitrogen and oxygen atoms in total. The minimum Gasteiger partial charge on any atom is -0.358 e. The first-order valence-electron chi connectivity index (χ1n) is 10.5. The molecule has 174 valence electrons. The minimum absolute atomic E-state index is 0.129. The van der Waals surface area contributed by atoms with Gasteiger partial charge in [0, 0.05) is 18.3 Å². The van der Waals surface area contributed by atoms with E-state index in [1.807, 2.05) is 11.6 Å². The van der Waals surface area contributed by atoms with Crippen LogP contribution in [0.1, 0.15) is 19.8 Å². The van der Waals surface area contributed by atoms with Crippen LogP contribution in [0, 0.1) is 5.92 Å². The van der Waals surface area contributed by atoms with Gasteiger partial charge in [-0.05, 0) is 43.5 Å². The van der Waals surface area contributed by atoms with Crippen LogP contribution >= 0.6 is 11.8 Å². The van der Waals surface area contributed by atoms with Gasteiger partial charge in [0.25, 0.3) is 17.2 Å². The van der Waals surface area contributed by atoms with E-state index in [9.17, 15) is 14.4 Å². The molecule has 1 fully saturated rings. The van der Waals surface area contributed by atoms with Crippen LogP contribution in [0.15, 0.2) is 62.7 Å². The van der Waals surface area contributed by atoms with Gasteiger partial charge in [-0.15, -0.1) is 11.8 Å². The Morgan fingerprint density at radius 1 is 1.42 bits per heavy atom. The van der Waals surface area contributed by atoms with Gasteiger partial charge in [0.1, 0.15) is 5.39 Å². The van der Waals surface area contributed by atoms with E-state index < -0.39 is 11.5 Å². The van der Waals surface area contributed by atoms with Crippen molar-refractivity contribution in [2.45, 2.75) is 25.8 Å². The average molecular weight is 470 g/mol. The molecule has 2 atom stereocenters. The minimum atomic E-state index is -0.809. The molecule has 0 spiro atoms. The number of carbonyl (C=O) groups is 2. The molecule has 2 aromatic rings. The molecule has 4 rings (SSSR count). The van der Waals surface area contributed by atoms with Crippen LogP contribution in [-0.4, -0.2) is 58.2 Å². The molecule has 0 aliphatic carbocycles. The normalized spacial score (nSPS) is 22.1. The Kier molecular flexibility index (Phi) is 8.56. The van der Waals surface area contributed by atoms with E-state index in [1.165, 1.54) is 42.9 Å². The summed E-state index contributed by atoms with van der Waals surface area (Å²) < 4.78 is 4.70. The largest absolute Gasteiger partial charge is 0.358 e. The van der Waals surface area contributed by atoms with Crippen LogP contribution in [0.4, 0.5) is 5.69 Å². The molecule has 2 aliphatic heterocycles. The number of thioether (sulfide) groups is 1. The van der Waals surface area contributed by atoms with Crippen LogP contribution < -0.4 is 10.9 Å². The Bertz CT molecular complexity index is 1160. The van der Waals surface area contributed by atoms with E-state index in [-0.39, 0.29) is 23.1 Å². The molecular weight excluding hydrogens is 442 g/mol. The average Bonchev–Trinajstić information content (AvgIpc) is 3.44. The monoisotopic (exact) mass is 469 g/mol. The molecule has 0 aromatic carbocycles. The number of pyridine rings is 1. The van der Waals surface area contributed by atoms with Crippen molar-refractivity contribution in [2.24, 2.45) is 10.9 Å². The smallest absolute Gasteiger partial charge is 0.289 e. The Morgan fingerprint density at radius 3 is 2.91 bits per heavy atom. The number of allylic oxidation sites excluding steroid dienone is 2. The summed E-state index contributed by atoms with van der Waals surface area (Å²) in [6.07, 6.45) is 10.2. The van der Waals surface area contributed by atoms with Gasteiger partial charge in [-0.2, -0.15) is 5.16 Å². The molecule has 33 heavy (non-hydrogen) atoms. The van der Waals surface area contributed by atoms with Crippen molar-refractivity contribution in [1.29, 1.82) is 0 Å². The number of H-pyrrole nitrogens is 1. The van der Waals surface area contributed by atoms with Gasteiger partial charge in [0.2, 0.25) is 6.29 Å². The Balaban J connectivity index is 0.000000189. The lowest BCUT2D eigenvalue weighted by Gasteiger charge is -2.36. The fourth-order valence-corrected chi connectivity index (χ4v) is 4.42. The molecule has 0 bridgehead atoms. The molecule has 10 heteroatoms. The highest BCUT2D eigenvalue weighted by atomic mass is 32.2. The number of nitrogens with zero attached hydrogens (tertiary/aromatic N) is 3. The zero-order valence-electron chi connectivity index (χ0n) is 18.6. The molecule has 1 unspecified atom stereocenters. The highest BCUT2D eigenvalue weighted by Crippen LogP contribution is 2.27. The van der Waals surface area contributed by atoms with Crippen LogP contribution in [0.25, 0.3) is 11.1 Å². The lowest BCUT2D eigenvalue weighted by Crippen LogP contribution is -2.40. The first-order chi connectivity index (χ1) is 15.9. The summed E-state index contributed by atoms with van der Waals surface area (Å²) in [5.41, 5.74) is 4.42. The Morgan fingerprint density at radius 2 is 2.24 bits per heavy atom. The number of hydrogen-bond donors (Lipinski definition) is 2. The number of likely N-dealkylation sites (tertiary alicyclic amines) is 1. The van der Waals surface area contributed by atoms with E-state index in [4.69, 9.17) is 4.52 Å². The molecular formula is C23H27N5O4S. The number of anilines is 1. The predicted molar refractivity (Wildman–Crippen MR) is 131 cm³/mol. The van der Waals surface area contributed by atoms with Gasteiger partial charge < -0.3 is 9.84 Å². The second-order valence-electron chi connectivity index (χ2n) is 7.94. The zero-order valence-corrected chi connectivity index (χ0v) is 19.4. The second-order valence-corrected chi connectivity index (χ2v) is 8.77. The topological polar surface area (TPSA) is 121 Å². The molecule has 1 amide bonds. The lowest BCUT2D eigenvalue weighted by atomic mass is 9.89.